The Morgan fingerprint density at radius 3 is 2.67 bits per heavy atom. The van der Waals surface area contributed by atoms with Gasteiger partial charge in [-0.3, -0.25) is 0 Å². The molecule has 1 aliphatic rings. The number of rotatable bonds is 3. The predicted octanol–water partition coefficient (Wildman–Crippen LogP) is 0.962. The molecule has 0 radical (unpaired) electrons. The van der Waals surface area contributed by atoms with Crippen molar-refractivity contribution in [2.75, 3.05) is 32.0 Å². The molecule has 1 aromatic heterocycles. The van der Waals surface area contributed by atoms with Gasteiger partial charge in [0.1, 0.15) is 12.1 Å². The van der Waals surface area contributed by atoms with Gasteiger partial charge in [0.2, 0.25) is 0 Å². The van der Waals surface area contributed by atoms with E-state index in [1.807, 2.05) is 13.8 Å². The molecule has 0 aromatic carbocycles. The van der Waals surface area contributed by atoms with Gasteiger partial charge in [-0.05, 0) is 33.7 Å². The Bertz CT molecular complexity index is 413. The van der Waals surface area contributed by atoms with Crippen molar-refractivity contribution in [3.63, 3.8) is 0 Å². The molecule has 0 amide bonds. The molecular formula is C13H22N4O. The summed E-state index contributed by atoms with van der Waals surface area (Å²) in [7, 11) is 2.09. The highest BCUT2D eigenvalue weighted by atomic mass is 16.3. The minimum atomic E-state index is -0.613. The molecule has 1 aliphatic heterocycles. The first-order valence-corrected chi connectivity index (χ1v) is 6.43. The quantitative estimate of drug-likeness (QED) is 0.837. The lowest BCUT2D eigenvalue weighted by atomic mass is 9.91. The van der Waals surface area contributed by atoms with Crippen LogP contribution in [0.1, 0.15) is 24.1 Å². The first-order valence-electron chi connectivity index (χ1n) is 6.43. The van der Waals surface area contributed by atoms with Gasteiger partial charge in [-0.2, -0.15) is 0 Å². The van der Waals surface area contributed by atoms with Crippen LogP contribution < -0.4 is 5.32 Å². The second-order valence-corrected chi connectivity index (χ2v) is 5.31. The van der Waals surface area contributed by atoms with Gasteiger partial charge in [-0.1, -0.05) is 0 Å². The molecule has 5 heteroatoms. The van der Waals surface area contributed by atoms with Crippen LogP contribution in [0.2, 0.25) is 0 Å². The van der Waals surface area contributed by atoms with E-state index in [2.05, 4.69) is 27.2 Å². The molecule has 5 nitrogen and oxygen atoms in total. The van der Waals surface area contributed by atoms with E-state index in [-0.39, 0.29) is 0 Å². The second-order valence-electron chi connectivity index (χ2n) is 5.31. The molecule has 2 N–H and O–H groups in total. The van der Waals surface area contributed by atoms with Crippen molar-refractivity contribution in [2.45, 2.75) is 32.3 Å². The van der Waals surface area contributed by atoms with Gasteiger partial charge < -0.3 is 15.3 Å². The number of anilines is 1. The Morgan fingerprint density at radius 1 is 1.33 bits per heavy atom. The van der Waals surface area contributed by atoms with Crippen molar-refractivity contribution >= 4 is 5.82 Å². The zero-order valence-corrected chi connectivity index (χ0v) is 11.4. The zero-order chi connectivity index (χ0) is 13.2. The molecule has 18 heavy (non-hydrogen) atoms. The van der Waals surface area contributed by atoms with Crippen LogP contribution in [0, 0.1) is 13.8 Å². The van der Waals surface area contributed by atoms with Crippen molar-refractivity contribution in [3.8, 4) is 0 Å². The first kappa shape index (κ1) is 13.2. The summed E-state index contributed by atoms with van der Waals surface area (Å²) < 4.78 is 0. The normalized spacial score (nSPS) is 19.8. The first-order chi connectivity index (χ1) is 8.50. The third-order valence-electron chi connectivity index (χ3n) is 3.84. The van der Waals surface area contributed by atoms with Crippen molar-refractivity contribution in [2.24, 2.45) is 0 Å². The van der Waals surface area contributed by atoms with Crippen LogP contribution in [0.5, 0.6) is 0 Å². The Kier molecular flexibility index (Phi) is 3.82. The smallest absolute Gasteiger partial charge is 0.132 e. The molecule has 1 saturated heterocycles. The van der Waals surface area contributed by atoms with Gasteiger partial charge in [-0.15, -0.1) is 0 Å². The molecule has 1 aromatic rings. The van der Waals surface area contributed by atoms with Gasteiger partial charge in [0, 0.05) is 30.9 Å². The fourth-order valence-electron chi connectivity index (χ4n) is 2.18. The third-order valence-corrected chi connectivity index (χ3v) is 3.84. The molecule has 1 fully saturated rings. The lowest BCUT2D eigenvalue weighted by Crippen LogP contribution is -2.47. The summed E-state index contributed by atoms with van der Waals surface area (Å²) in [6, 6.07) is 0. The van der Waals surface area contributed by atoms with Gasteiger partial charge >= 0.3 is 0 Å². The maximum atomic E-state index is 10.5. The van der Waals surface area contributed by atoms with E-state index in [1.165, 1.54) is 0 Å². The fraction of sp³-hybridized carbons (Fsp3) is 0.692. The molecule has 0 saturated carbocycles. The van der Waals surface area contributed by atoms with Gasteiger partial charge in [-0.25, -0.2) is 9.97 Å². The van der Waals surface area contributed by atoms with E-state index >= 15 is 0 Å². The van der Waals surface area contributed by atoms with Crippen LogP contribution in [0.3, 0.4) is 0 Å². The highest BCUT2D eigenvalue weighted by molar-refractivity contribution is 5.44. The Hall–Kier alpha value is -1.20. The number of aryl methyl sites for hydroxylation is 1. The maximum Gasteiger partial charge on any atom is 0.132 e. The fourth-order valence-corrected chi connectivity index (χ4v) is 2.18. The monoisotopic (exact) mass is 250 g/mol. The Balaban J connectivity index is 1.97. The second kappa shape index (κ2) is 5.20. The molecule has 0 aliphatic carbocycles. The number of nitrogens with zero attached hydrogens (tertiary/aromatic N) is 3. The van der Waals surface area contributed by atoms with Gasteiger partial charge in [0.15, 0.2) is 0 Å². The standard InChI is InChI=1S/C13H22N4O/c1-10-11(2)15-9-16-12(10)14-8-13(18)4-6-17(3)7-5-13/h9,18H,4-8H2,1-3H3,(H,14,15,16). The number of piperidine rings is 1. The van der Waals surface area contributed by atoms with Gasteiger partial charge in [0.05, 0.1) is 5.60 Å². The summed E-state index contributed by atoms with van der Waals surface area (Å²) in [5.41, 5.74) is 1.41. The summed E-state index contributed by atoms with van der Waals surface area (Å²) in [5.74, 6) is 0.829. The largest absolute Gasteiger partial charge is 0.388 e. The lowest BCUT2D eigenvalue weighted by molar-refractivity contribution is -0.00410. The summed E-state index contributed by atoms with van der Waals surface area (Å²) >= 11 is 0. The molecule has 0 unspecified atom stereocenters. The topological polar surface area (TPSA) is 61.3 Å². The molecule has 100 valence electrons. The van der Waals surface area contributed by atoms with Crippen LogP contribution in [-0.4, -0.2) is 52.3 Å². The maximum absolute atomic E-state index is 10.5. The van der Waals surface area contributed by atoms with E-state index in [0.29, 0.717) is 6.54 Å². The Labute approximate surface area is 108 Å². The summed E-state index contributed by atoms with van der Waals surface area (Å²) in [6.07, 6.45) is 3.17. The van der Waals surface area contributed by atoms with Crippen molar-refractivity contribution < 1.29 is 5.11 Å². The van der Waals surface area contributed by atoms with Crippen LogP contribution in [0.15, 0.2) is 6.33 Å². The number of aromatic nitrogens is 2. The minimum absolute atomic E-state index is 0.554. The SMILES string of the molecule is Cc1ncnc(NCC2(O)CCN(C)CC2)c1C. The van der Waals surface area contributed by atoms with Gasteiger partial charge in [0.25, 0.3) is 0 Å². The average molecular weight is 250 g/mol. The van der Waals surface area contributed by atoms with Crippen molar-refractivity contribution in [1.29, 1.82) is 0 Å². The molecule has 0 atom stereocenters. The number of hydrogen-bond donors (Lipinski definition) is 2. The molecule has 2 heterocycles. The summed E-state index contributed by atoms with van der Waals surface area (Å²) in [5, 5.41) is 13.7. The summed E-state index contributed by atoms with van der Waals surface area (Å²) in [6.45, 7) is 6.40. The Morgan fingerprint density at radius 2 is 2.00 bits per heavy atom. The number of likely N-dealkylation sites (tertiary alicyclic amines) is 1. The third kappa shape index (κ3) is 2.97. The molecule has 2 rings (SSSR count). The lowest BCUT2D eigenvalue weighted by Gasteiger charge is -2.36. The van der Waals surface area contributed by atoms with Crippen LogP contribution in [0.4, 0.5) is 5.82 Å². The predicted molar refractivity (Wildman–Crippen MR) is 71.7 cm³/mol. The van der Waals surface area contributed by atoms with E-state index < -0.39 is 5.60 Å². The van der Waals surface area contributed by atoms with E-state index in [9.17, 15) is 5.11 Å². The highest BCUT2D eigenvalue weighted by Crippen LogP contribution is 2.22. The number of aliphatic hydroxyl groups is 1. The molecule has 0 spiro atoms. The minimum Gasteiger partial charge on any atom is -0.388 e. The summed E-state index contributed by atoms with van der Waals surface area (Å²) in [4.78, 5) is 10.6. The number of nitrogens with one attached hydrogen (secondary N) is 1. The van der Waals surface area contributed by atoms with E-state index in [1.54, 1.807) is 6.33 Å². The molecular weight excluding hydrogens is 228 g/mol. The van der Waals surface area contributed by atoms with Crippen LogP contribution >= 0.6 is 0 Å². The van der Waals surface area contributed by atoms with Crippen molar-refractivity contribution in [1.82, 2.24) is 14.9 Å². The van der Waals surface area contributed by atoms with Crippen LogP contribution in [0.25, 0.3) is 0 Å². The van der Waals surface area contributed by atoms with Crippen LogP contribution in [-0.2, 0) is 0 Å². The zero-order valence-electron chi connectivity index (χ0n) is 11.4. The average Bonchev–Trinajstić information content (AvgIpc) is 2.35. The van der Waals surface area contributed by atoms with E-state index in [4.69, 9.17) is 0 Å². The number of hydrogen-bond acceptors (Lipinski definition) is 5. The van der Waals surface area contributed by atoms with E-state index in [0.717, 1.165) is 43.0 Å². The van der Waals surface area contributed by atoms with Crippen molar-refractivity contribution in [3.05, 3.63) is 17.6 Å². The highest BCUT2D eigenvalue weighted by Gasteiger charge is 2.31. The molecule has 0 bridgehead atoms.